The van der Waals surface area contributed by atoms with Crippen LogP contribution in [0.2, 0.25) is 0 Å². The first kappa shape index (κ1) is 24.1. The van der Waals surface area contributed by atoms with Crippen LogP contribution in [0.5, 0.6) is 0 Å². The van der Waals surface area contributed by atoms with E-state index in [1.54, 1.807) is 53.2 Å². The third-order valence-corrected chi connectivity index (χ3v) is 8.44. The van der Waals surface area contributed by atoms with Crippen molar-refractivity contribution in [1.82, 2.24) is 14.1 Å². The molecule has 9 heteroatoms. The maximum absolute atomic E-state index is 13.3. The van der Waals surface area contributed by atoms with Gasteiger partial charge in [-0.25, -0.2) is 12.8 Å². The number of amides is 1. The summed E-state index contributed by atoms with van der Waals surface area (Å²) >= 11 is 0. The fourth-order valence-electron chi connectivity index (χ4n) is 4.27. The number of nitrogens with one attached hydrogen (secondary N) is 1. The molecule has 1 aliphatic rings. The molecule has 1 saturated heterocycles. The Balaban J connectivity index is 1.48. The first-order chi connectivity index (χ1) is 16.1. The van der Waals surface area contributed by atoms with Crippen LogP contribution in [0.3, 0.4) is 0 Å². The van der Waals surface area contributed by atoms with Crippen LogP contribution in [0.1, 0.15) is 47.1 Å². The predicted octanol–water partition coefficient (Wildman–Crippen LogP) is 4.36. The van der Waals surface area contributed by atoms with E-state index in [-0.39, 0.29) is 10.8 Å². The SMILES string of the molecule is Cc1nn(Cc2ccc(C(=O)Nc3cccc(F)c3)cc2)c(C)c1S(=O)(=O)N1CCC(C)CC1. The summed E-state index contributed by atoms with van der Waals surface area (Å²) in [5.74, 6) is -0.225. The average molecular weight is 485 g/mol. The number of nitrogens with zero attached hydrogens (tertiary/aromatic N) is 3. The van der Waals surface area contributed by atoms with E-state index in [1.165, 1.54) is 18.2 Å². The monoisotopic (exact) mass is 484 g/mol. The zero-order valence-electron chi connectivity index (χ0n) is 19.6. The smallest absolute Gasteiger partial charge is 0.255 e. The van der Waals surface area contributed by atoms with Crippen LogP contribution in [0.4, 0.5) is 10.1 Å². The third-order valence-electron chi connectivity index (χ3n) is 6.29. The summed E-state index contributed by atoms with van der Waals surface area (Å²) in [4.78, 5) is 12.7. The molecule has 0 aliphatic carbocycles. The zero-order chi connectivity index (χ0) is 24.5. The van der Waals surface area contributed by atoms with Crippen molar-refractivity contribution in [1.29, 1.82) is 0 Å². The molecule has 0 radical (unpaired) electrons. The van der Waals surface area contributed by atoms with E-state index >= 15 is 0 Å². The minimum Gasteiger partial charge on any atom is -0.322 e. The Kier molecular flexibility index (Phi) is 6.86. The molecular weight excluding hydrogens is 455 g/mol. The Bertz CT molecular complexity index is 1290. The third kappa shape index (κ3) is 5.05. The summed E-state index contributed by atoms with van der Waals surface area (Å²) in [5, 5.41) is 7.17. The number of hydrogen-bond donors (Lipinski definition) is 1. The molecule has 1 aliphatic heterocycles. The molecule has 3 aromatic rings. The lowest BCUT2D eigenvalue weighted by Crippen LogP contribution is -2.38. The largest absolute Gasteiger partial charge is 0.322 e. The molecule has 2 heterocycles. The van der Waals surface area contributed by atoms with Gasteiger partial charge in [0.25, 0.3) is 5.91 Å². The fourth-order valence-corrected chi connectivity index (χ4v) is 6.11. The lowest BCUT2D eigenvalue weighted by molar-refractivity contribution is 0.102. The van der Waals surface area contributed by atoms with Gasteiger partial charge in [-0.3, -0.25) is 9.48 Å². The second-order valence-corrected chi connectivity index (χ2v) is 10.8. The molecule has 1 amide bonds. The van der Waals surface area contributed by atoms with E-state index < -0.39 is 15.8 Å². The van der Waals surface area contributed by atoms with E-state index in [0.717, 1.165) is 18.4 Å². The van der Waals surface area contributed by atoms with Gasteiger partial charge in [0.1, 0.15) is 10.7 Å². The summed E-state index contributed by atoms with van der Waals surface area (Å²) in [6, 6.07) is 12.7. The summed E-state index contributed by atoms with van der Waals surface area (Å²) in [6.07, 6.45) is 1.73. The Hall–Kier alpha value is -3.04. The van der Waals surface area contributed by atoms with Gasteiger partial charge in [0, 0.05) is 24.3 Å². The van der Waals surface area contributed by atoms with Crippen molar-refractivity contribution in [2.45, 2.75) is 45.1 Å². The molecule has 0 unspecified atom stereocenters. The molecule has 4 rings (SSSR count). The number of anilines is 1. The lowest BCUT2D eigenvalue weighted by atomic mass is 10.0. The number of halogens is 1. The number of benzene rings is 2. The van der Waals surface area contributed by atoms with Gasteiger partial charge in [0.05, 0.1) is 17.9 Å². The van der Waals surface area contributed by atoms with Crippen molar-refractivity contribution in [3.8, 4) is 0 Å². The van der Waals surface area contributed by atoms with Gasteiger partial charge in [-0.15, -0.1) is 0 Å². The number of sulfonamides is 1. The topological polar surface area (TPSA) is 84.3 Å². The van der Waals surface area contributed by atoms with Crippen LogP contribution in [-0.2, 0) is 16.6 Å². The predicted molar refractivity (Wildman–Crippen MR) is 129 cm³/mol. The lowest BCUT2D eigenvalue weighted by Gasteiger charge is -2.29. The second kappa shape index (κ2) is 9.68. The number of carbonyl (C=O) groups excluding carboxylic acids is 1. The van der Waals surface area contributed by atoms with E-state index in [1.807, 2.05) is 0 Å². The maximum atomic E-state index is 13.3. The number of aryl methyl sites for hydroxylation is 1. The van der Waals surface area contributed by atoms with Crippen LogP contribution in [0.15, 0.2) is 53.4 Å². The normalized spacial score (nSPS) is 15.4. The van der Waals surface area contributed by atoms with Gasteiger partial charge in [0.2, 0.25) is 10.0 Å². The number of hydrogen-bond acceptors (Lipinski definition) is 4. The maximum Gasteiger partial charge on any atom is 0.255 e. The van der Waals surface area contributed by atoms with Crippen LogP contribution in [0.25, 0.3) is 0 Å². The van der Waals surface area contributed by atoms with Gasteiger partial charge >= 0.3 is 0 Å². The minimum atomic E-state index is -3.60. The highest BCUT2D eigenvalue weighted by Crippen LogP contribution is 2.28. The quantitative estimate of drug-likeness (QED) is 0.563. The van der Waals surface area contributed by atoms with Gasteiger partial charge in [0.15, 0.2) is 0 Å². The van der Waals surface area contributed by atoms with Crippen LogP contribution < -0.4 is 5.32 Å². The summed E-state index contributed by atoms with van der Waals surface area (Å²) in [5.41, 5.74) is 2.78. The molecule has 180 valence electrons. The highest BCUT2D eigenvalue weighted by molar-refractivity contribution is 7.89. The Morgan fingerprint density at radius 2 is 1.79 bits per heavy atom. The van der Waals surface area contributed by atoms with Crippen LogP contribution >= 0.6 is 0 Å². The molecule has 1 aromatic heterocycles. The van der Waals surface area contributed by atoms with Crippen molar-refractivity contribution in [3.05, 3.63) is 76.9 Å². The molecule has 1 N–H and O–H groups in total. The van der Waals surface area contributed by atoms with Gasteiger partial charge in [-0.1, -0.05) is 25.1 Å². The first-order valence-electron chi connectivity index (χ1n) is 11.3. The van der Waals surface area contributed by atoms with Crippen molar-refractivity contribution < 1.29 is 17.6 Å². The summed E-state index contributed by atoms with van der Waals surface area (Å²) in [7, 11) is -3.60. The van der Waals surface area contributed by atoms with E-state index in [2.05, 4.69) is 17.3 Å². The van der Waals surface area contributed by atoms with Crippen molar-refractivity contribution in [2.24, 2.45) is 5.92 Å². The van der Waals surface area contributed by atoms with Gasteiger partial charge in [-0.05, 0) is 68.5 Å². The number of piperidine rings is 1. The molecular formula is C25H29FN4O3S. The first-order valence-corrected chi connectivity index (χ1v) is 12.8. The Labute approximate surface area is 199 Å². The fraction of sp³-hybridized carbons (Fsp3) is 0.360. The highest BCUT2D eigenvalue weighted by atomic mass is 32.2. The molecule has 0 saturated carbocycles. The molecule has 0 spiro atoms. The van der Waals surface area contributed by atoms with E-state index in [0.29, 0.717) is 48.2 Å². The second-order valence-electron chi connectivity index (χ2n) is 8.91. The highest BCUT2D eigenvalue weighted by Gasteiger charge is 2.33. The molecule has 0 bridgehead atoms. The molecule has 2 aromatic carbocycles. The molecule has 1 fully saturated rings. The molecule has 0 atom stereocenters. The standard InChI is InChI=1S/C25H29FN4O3S/c1-17-11-13-29(14-12-17)34(32,33)24-18(2)28-30(19(24)3)16-20-7-9-21(10-8-20)25(31)27-23-6-4-5-22(26)15-23/h4-10,15,17H,11-14,16H2,1-3H3,(H,27,31). The van der Waals surface area contributed by atoms with Gasteiger partial charge < -0.3 is 5.32 Å². The van der Waals surface area contributed by atoms with E-state index in [9.17, 15) is 17.6 Å². The van der Waals surface area contributed by atoms with Crippen molar-refractivity contribution in [2.75, 3.05) is 18.4 Å². The van der Waals surface area contributed by atoms with Crippen LogP contribution in [-0.4, -0.2) is 41.5 Å². The Morgan fingerprint density at radius 3 is 2.44 bits per heavy atom. The van der Waals surface area contributed by atoms with E-state index in [4.69, 9.17) is 0 Å². The minimum absolute atomic E-state index is 0.285. The number of rotatable bonds is 6. The average Bonchev–Trinajstić information content (AvgIpc) is 3.07. The molecule has 7 nitrogen and oxygen atoms in total. The number of carbonyl (C=O) groups is 1. The summed E-state index contributed by atoms with van der Waals surface area (Å²) in [6.45, 7) is 7.10. The van der Waals surface area contributed by atoms with Gasteiger partial charge in [-0.2, -0.15) is 9.40 Å². The Morgan fingerprint density at radius 1 is 1.12 bits per heavy atom. The summed E-state index contributed by atoms with van der Waals surface area (Å²) < 4.78 is 43.2. The van der Waals surface area contributed by atoms with Crippen molar-refractivity contribution >= 4 is 21.6 Å². The van der Waals surface area contributed by atoms with Crippen molar-refractivity contribution in [3.63, 3.8) is 0 Å². The van der Waals surface area contributed by atoms with Crippen LogP contribution in [0, 0.1) is 25.6 Å². The number of aromatic nitrogens is 2. The molecule has 34 heavy (non-hydrogen) atoms. The zero-order valence-corrected chi connectivity index (χ0v) is 20.4.